The van der Waals surface area contributed by atoms with Gasteiger partial charge in [-0.1, -0.05) is 6.08 Å². The molecule has 0 saturated heterocycles. The zero-order chi connectivity index (χ0) is 17.5. The van der Waals surface area contributed by atoms with Crippen molar-refractivity contribution in [1.29, 1.82) is 0 Å². The zero-order valence-electron chi connectivity index (χ0n) is 13.2. The van der Waals surface area contributed by atoms with E-state index >= 15 is 0 Å². The molecule has 130 valence electrons. The predicted molar refractivity (Wildman–Crippen MR) is 86.1 cm³/mol. The molecule has 24 heavy (non-hydrogen) atoms. The number of ether oxygens (including phenoxy) is 2. The lowest BCUT2D eigenvalue weighted by molar-refractivity contribution is 0.161. The van der Waals surface area contributed by atoms with E-state index in [1.165, 1.54) is 25.4 Å². The van der Waals surface area contributed by atoms with Crippen LogP contribution in [0.4, 0.5) is 19.3 Å². The Labute approximate surface area is 138 Å². The van der Waals surface area contributed by atoms with Crippen molar-refractivity contribution in [1.82, 2.24) is 5.32 Å². The normalized spacial score (nSPS) is 14.8. The highest BCUT2D eigenvalue weighted by Gasteiger charge is 2.17. The fraction of sp³-hybridized carbons (Fsp3) is 0.312. The molecule has 0 bridgehead atoms. The summed E-state index contributed by atoms with van der Waals surface area (Å²) in [5.41, 5.74) is 6.70. The molecule has 0 aliphatic carbocycles. The summed E-state index contributed by atoms with van der Waals surface area (Å²) >= 11 is 0. The molecule has 4 N–H and O–H groups in total. The van der Waals surface area contributed by atoms with Gasteiger partial charge < -0.3 is 25.8 Å². The molecule has 0 spiro atoms. The maximum atomic E-state index is 14.2. The Morgan fingerprint density at radius 3 is 2.71 bits per heavy atom. The van der Waals surface area contributed by atoms with Crippen molar-refractivity contribution in [3.8, 4) is 0 Å². The number of nitrogens with two attached hydrogens (primary N) is 1. The van der Waals surface area contributed by atoms with Crippen LogP contribution < -0.4 is 16.4 Å². The van der Waals surface area contributed by atoms with Gasteiger partial charge in [-0.3, -0.25) is 0 Å². The topological polar surface area (TPSA) is 85.6 Å². The number of benzene rings is 1. The molecular weight excluding hydrogens is 320 g/mol. The molecule has 1 amide bonds. The van der Waals surface area contributed by atoms with Gasteiger partial charge in [0.25, 0.3) is 0 Å². The number of alkyl carbamates (subject to hydrolysis) is 1. The second kappa shape index (κ2) is 8.30. The summed E-state index contributed by atoms with van der Waals surface area (Å²) in [6, 6.07) is 2.37. The molecule has 1 aliphatic heterocycles. The van der Waals surface area contributed by atoms with Gasteiger partial charge in [0.1, 0.15) is 11.6 Å². The molecule has 0 saturated carbocycles. The van der Waals surface area contributed by atoms with Gasteiger partial charge in [-0.25, -0.2) is 13.6 Å². The lowest BCUT2D eigenvalue weighted by Crippen LogP contribution is -2.27. The van der Waals surface area contributed by atoms with Gasteiger partial charge in [0.2, 0.25) is 0 Å². The van der Waals surface area contributed by atoms with Crippen LogP contribution in [0.3, 0.4) is 0 Å². The first-order chi connectivity index (χ1) is 11.5. The summed E-state index contributed by atoms with van der Waals surface area (Å²) in [4.78, 5) is 10.9. The Kier molecular flexibility index (Phi) is 6.14. The second-order valence-electron chi connectivity index (χ2n) is 5.08. The van der Waals surface area contributed by atoms with Gasteiger partial charge in [-0.2, -0.15) is 0 Å². The zero-order valence-corrected chi connectivity index (χ0v) is 13.2. The van der Waals surface area contributed by atoms with Gasteiger partial charge in [-0.15, -0.1) is 0 Å². The molecular formula is C16H19F2N3O3. The second-order valence-corrected chi connectivity index (χ2v) is 5.08. The Morgan fingerprint density at radius 1 is 1.42 bits per heavy atom. The molecule has 0 aromatic heterocycles. The minimum absolute atomic E-state index is 0.0341. The molecule has 1 aromatic rings. The summed E-state index contributed by atoms with van der Waals surface area (Å²) in [7, 11) is 1.23. The molecule has 1 aromatic carbocycles. The van der Waals surface area contributed by atoms with Crippen molar-refractivity contribution >= 4 is 17.4 Å². The Hall–Kier alpha value is -2.61. The summed E-state index contributed by atoms with van der Waals surface area (Å²) in [5.74, 6) is -1.32. The third-order valence-electron chi connectivity index (χ3n) is 3.37. The van der Waals surface area contributed by atoms with Crippen molar-refractivity contribution in [2.75, 3.05) is 32.2 Å². The third-order valence-corrected chi connectivity index (χ3v) is 3.37. The number of amides is 1. The fourth-order valence-electron chi connectivity index (χ4n) is 2.19. The van der Waals surface area contributed by atoms with E-state index in [0.717, 1.165) is 0 Å². The first kappa shape index (κ1) is 17.7. The van der Waals surface area contributed by atoms with Crippen LogP contribution in [0.1, 0.15) is 12.0 Å². The Morgan fingerprint density at radius 2 is 2.12 bits per heavy atom. The predicted octanol–water partition coefficient (Wildman–Crippen LogP) is 2.34. The van der Waals surface area contributed by atoms with Crippen LogP contribution in [0.2, 0.25) is 0 Å². The smallest absolute Gasteiger partial charge is 0.407 e. The van der Waals surface area contributed by atoms with Crippen molar-refractivity contribution in [2.45, 2.75) is 6.42 Å². The first-order valence-corrected chi connectivity index (χ1v) is 7.30. The molecule has 0 unspecified atom stereocenters. The Balaban J connectivity index is 2.07. The lowest BCUT2D eigenvalue weighted by atomic mass is 10.00. The minimum Gasteiger partial charge on any atom is -0.453 e. The van der Waals surface area contributed by atoms with E-state index in [4.69, 9.17) is 10.5 Å². The van der Waals surface area contributed by atoms with Crippen LogP contribution in [0.25, 0.3) is 5.57 Å². The van der Waals surface area contributed by atoms with Crippen LogP contribution >= 0.6 is 0 Å². The van der Waals surface area contributed by atoms with Crippen LogP contribution in [0.5, 0.6) is 0 Å². The third kappa shape index (κ3) is 4.69. The number of methoxy groups -OCH3 is 1. The van der Waals surface area contributed by atoms with Crippen LogP contribution in [-0.4, -0.2) is 33.0 Å². The SMILES string of the molecule is COC(=O)NC/C(N)=C/Nc1cc(F)c(C2=CCOCC2)c(F)c1. The van der Waals surface area contributed by atoms with E-state index in [0.29, 0.717) is 25.2 Å². The average Bonchev–Trinajstić information content (AvgIpc) is 2.58. The molecule has 8 heteroatoms. The van der Waals surface area contributed by atoms with Gasteiger partial charge >= 0.3 is 6.09 Å². The number of nitrogens with one attached hydrogen (secondary N) is 2. The number of anilines is 1. The molecule has 2 rings (SSSR count). The molecule has 6 nitrogen and oxygen atoms in total. The number of carbonyl (C=O) groups is 1. The maximum Gasteiger partial charge on any atom is 0.407 e. The number of halogens is 2. The van der Waals surface area contributed by atoms with Crippen LogP contribution in [0.15, 0.2) is 30.1 Å². The van der Waals surface area contributed by atoms with Gasteiger partial charge in [0.15, 0.2) is 0 Å². The number of hydrogen-bond donors (Lipinski definition) is 3. The number of carbonyl (C=O) groups excluding carboxylic acids is 1. The van der Waals surface area contributed by atoms with Gasteiger partial charge in [-0.05, 0) is 24.1 Å². The lowest BCUT2D eigenvalue weighted by Gasteiger charge is -2.16. The molecule has 0 radical (unpaired) electrons. The maximum absolute atomic E-state index is 14.2. The highest BCUT2D eigenvalue weighted by atomic mass is 19.1. The van der Waals surface area contributed by atoms with Crippen molar-refractivity contribution in [2.24, 2.45) is 5.73 Å². The van der Waals surface area contributed by atoms with Gasteiger partial charge in [0, 0.05) is 23.1 Å². The van der Waals surface area contributed by atoms with E-state index in [9.17, 15) is 13.6 Å². The van der Waals surface area contributed by atoms with E-state index in [1.54, 1.807) is 6.08 Å². The largest absolute Gasteiger partial charge is 0.453 e. The average molecular weight is 339 g/mol. The van der Waals surface area contributed by atoms with Crippen molar-refractivity contribution in [3.05, 3.63) is 47.3 Å². The quantitative estimate of drug-likeness (QED) is 0.767. The van der Waals surface area contributed by atoms with E-state index < -0.39 is 17.7 Å². The first-order valence-electron chi connectivity index (χ1n) is 7.30. The van der Waals surface area contributed by atoms with Crippen LogP contribution in [-0.2, 0) is 9.47 Å². The van der Waals surface area contributed by atoms with Crippen molar-refractivity contribution in [3.63, 3.8) is 0 Å². The van der Waals surface area contributed by atoms with Crippen LogP contribution in [0, 0.1) is 11.6 Å². The minimum atomic E-state index is -0.662. The molecule has 0 fully saturated rings. The van der Waals surface area contributed by atoms with E-state index in [-0.39, 0.29) is 23.5 Å². The number of hydrogen-bond acceptors (Lipinski definition) is 5. The number of rotatable bonds is 5. The van der Waals surface area contributed by atoms with E-state index in [1.807, 2.05) is 0 Å². The van der Waals surface area contributed by atoms with Crippen molar-refractivity contribution < 1.29 is 23.0 Å². The highest BCUT2D eigenvalue weighted by molar-refractivity contribution is 5.69. The monoisotopic (exact) mass is 339 g/mol. The summed E-state index contributed by atoms with van der Waals surface area (Å²) in [6.45, 7) is 0.827. The molecule has 1 heterocycles. The van der Waals surface area contributed by atoms with E-state index in [2.05, 4.69) is 15.4 Å². The fourth-order valence-corrected chi connectivity index (χ4v) is 2.19. The summed E-state index contributed by atoms with van der Waals surface area (Å²) in [6.07, 6.45) is 2.86. The highest BCUT2D eigenvalue weighted by Crippen LogP contribution is 2.29. The molecule has 0 atom stereocenters. The summed E-state index contributed by atoms with van der Waals surface area (Å²) in [5, 5.41) is 5.08. The molecule has 1 aliphatic rings. The summed E-state index contributed by atoms with van der Waals surface area (Å²) < 4.78 is 38.0. The standard InChI is InChI=1S/C16H19F2N3O3/c1-23-16(22)21-9-11(19)8-20-12-6-13(17)15(14(18)7-12)10-2-4-24-5-3-10/h2,6-8,20H,3-5,9,19H2,1H3,(H,21,22)/b11-8-. The van der Waals surface area contributed by atoms with Gasteiger partial charge in [0.05, 0.1) is 26.9 Å². The Bertz CT molecular complexity index is 652.